The molecule has 1 atom stereocenters. The van der Waals surface area contributed by atoms with E-state index in [2.05, 4.69) is 55.6 Å². The van der Waals surface area contributed by atoms with E-state index in [4.69, 9.17) is 0 Å². The van der Waals surface area contributed by atoms with E-state index in [-0.39, 0.29) is 5.54 Å². The van der Waals surface area contributed by atoms with Crippen LogP contribution < -0.4 is 0 Å². The second-order valence-corrected chi connectivity index (χ2v) is 6.34. The highest BCUT2D eigenvalue weighted by Crippen LogP contribution is 2.31. The average Bonchev–Trinajstić information content (AvgIpc) is 3.23. The standard InChI is InChI=1S/C16H17IN6/c1-2-4-16(10-17,5-6-18)23-9-12(8-22-23)14-13-3-7-19-15(13)21-11-20-14/h3,7-9,11H,2,4-5,10H2,1H3,(H,19,20,21). The van der Waals surface area contributed by atoms with Gasteiger partial charge in [-0.25, -0.2) is 9.97 Å². The molecule has 0 aliphatic carbocycles. The van der Waals surface area contributed by atoms with E-state index in [1.807, 2.05) is 29.3 Å². The van der Waals surface area contributed by atoms with E-state index in [1.165, 1.54) is 0 Å². The normalized spacial score (nSPS) is 13.8. The Kier molecular flexibility index (Phi) is 4.61. The molecule has 0 bridgehead atoms. The van der Waals surface area contributed by atoms with Gasteiger partial charge in [0.2, 0.25) is 0 Å². The zero-order chi connectivity index (χ0) is 16.3. The minimum Gasteiger partial charge on any atom is -0.346 e. The molecule has 1 unspecified atom stereocenters. The second kappa shape index (κ2) is 6.66. The number of aromatic nitrogens is 5. The molecule has 3 rings (SSSR count). The van der Waals surface area contributed by atoms with E-state index >= 15 is 0 Å². The quantitative estimate of drug-likeness (QED) is 0.487. The molecule has 3 aromatic rings. The summed E-state index contributed by atoms with van der Waals surface area (Å²) in [6.45, 7) is 2.14. The van der Waals surface area contributed by atoms with Crippen LogP contribution >= 0.6 is 22.6 Å². The highest BCUT2D eigenvalue weighted by atomic mass is 127. The topological polar surface area (TPSA) is 83.2 Å². The van der Waals surface area contributed by atoms with E-state index in [9.17, 15) is 5.26 Å². The zero-order valence-electron chi connectivity index (χ0n) is 12.8. The average molecular weight is 420 g/mol. The maximum absolute atomic E-state index is 9.24. The molecular weight excluding hydrogens is 403 g/mol. The molecule has 23 heavy (non-hydrogen) atoms. The molecule has 0 saturated carbocycles. The Balaban J connectivity index is 2.05. The number of hydrogen-bond donors (Lipinski definition) is 1. The lowest BCUT2D eigenvalue weighted by atomic mass is 9.93. The van der Waals surface area contributed by atoms with Crippen molar-refractivity contribution in [3.05, 3.63) is 31.0 Å². The number of hydrogen-bond acceptors (Lipinski definition) is 4. The third-order valence-corrected chi connectivity index (χ3v) is 5.49. The summed E-state index contributed by atoms with van der Waals surface area (Å²) >= 11 is 2.35. The van der Waals surface area contributed by atoms with Crippen LogP contribution in [0.15, 0.2) is 31.0 Å². The van der Waals surface area contributed by atoms with Crippen molar-refractivity contribution in [2.24, 2.45) is 0 Å². The van der Waals surface area contributed by atoms with Crippen LogP contribution in [0.2, 0.25) is 0 Å². The van der Waals surface area contributed by atoms with Crippen molar-refractivity contribution in [3.8, 4) is 17.3 Å². The summed E-state index contributed by atoms with van der Waals surface area (Å²) in [6.07, 6.45) is 9.62. The largest absolute Gasteiger partial charge is 0.346 e. The number of alkyl halides is 1. The summed E-state index contributed by atoms with van der Waals surface area (Å²) in [4.78, 5) is 11.7. The molecule has 3 aromatic heterocycles. The predicted octanol–water partition coefficient (Wildman–Crippen LogP) is 3.67. The van der Waals surface area contributed by atoms with Crippen LogP contribution in [-0.2, 0) is 5.54 Å². The molecule has 0 amide bonds. The van der Waals surface area contributed by atoms with Gasteiger partial charge in [-0.2, -0.15) is 10.4 Å². The maximum atomic E-state index is 9.24. The predicted molar refractivity (Wildman–Crippen MR) is 97.1 cm³/mol. The molecule has 0 aliphatic heterocycles. The number of halogens is 1. The molecular formula is C16H17IN6. The van der Waals surface area contributed by atoms with Gasteiger partial charge in [0.25, 0.3) is 0 Å². The van der Waals surface area contributed by atoms with Crippen molar-refractivity contribution in [3.63, 3.8) is 0 Å². The molecule has 0 radical (unpaired) electrons. The summed E-state index contributed by atoms with van der Waals surface area (Å²) in [7, 11) is 0. The lowest BCUT2D eigenvalue weighted by Crippen LogP contribution is -2.35. The van der Waals surface area contributed by atoms with Crippen molar-refractivity contribution < 1.29 is 0 Å². The Morgan fingerprint density at radius 1 is 1.43 bits per heavy atom. The van der Waals surface area contributed by atoms with Gasteiger partial charge in [-0.3, -0.25) is 4.68 Å². The number of H-pyrrole nitrogens is 1. The van der Waals surface area contributed by atoms with Crippen LogP contribution in [0.1, 0.15) is 26.2 Å². The summed E-state index contributed by atoms with van der Waals surface area (Å²) in [5.74, 6) is 0. The second-order valence-electron chi connectivity index (χ2n) is 5.58. The lowest BCUT2D eigenvalue weighted by molar-refractivity contribution is 0.279. The number of rotatable bonds is 6. The van der Waals surface area contributed by atoms with Gasteiger partial charge in [-0.1, -0.05) is 35.9 Å². The summed E-state index contributed by atoms with van der Waals surface area (Å²) < 4.78 is 2.79. The smallest absolute Gasteiger partial charge is 0.141 e. The van der Waals surface area contributed by atoms with Crippen LogP contribution in [0, 0.1) is 11.3 Å². The Bertz CT molecular complexity index is 845. The van der Waals surface area contributed by atoms with Gasteiger partial charge in [0.1, 0.15) is 12.0 Å². The van der Waals surface area contributed by atoms with E-state index in [0.29, 0.717) is 6.42 Å². The van der Waals surface area contributed by atoms with Crippen molar-refractivity contribution in [2.45, 2.75) is 31.7 Å². The molecule has 0 aliphatic rings. The Hall–Kier alpha value is -1.95. The molecule has 118 valence electrons. The summed E-state index contributed by atoms with van der Waals surface area (Å²) in [6, 6.07) is 4.29. The molecule has 0 spiro atoms. The molecule has 7 heteroatoms. The fourth-order valence-corrected chi connectivity index (χ4v) is 3.88. The third-order valence-electron chi connectivity index (χ3n) is 4.07. The Morgan fingerprint density at radius 2 is 2.30 bits per heavy atom. The Labute approximate surface area is 148 Å². The van der Waals surface area contributed by atoms with E-state index in [0.717, 1.165) is 39.6 Å². The van der Waals surface area contributed by atoms with Gasteiger partial charge in [0, 0.05) is 27.8 Å². The van der Waals surface area contributed by atoms with E-state index in [1.54, 1.807) is 6.33 Å². The van der Waals surface area contributed by atoms with Gasteiger partial charge in [0.15, 0.2) is 0 Å². The molecule has 3 heterocycles. The lowest BCUT2D eigenvalue weighted by Gasteiger charge is -2.29. The number of nitrogens with zero attached hydrogens (tertiary/aromatic N) is 5. The number of nitriles is 1. The summed E-state index contributed by atoms with van der Waals surface area (Å²) in [5.41, 5.74) is 2.36. The first-order chi connectivity index (χ1) is 11.2. The number of nitrogens with one attached hydrogen (secondary N) is 1. The van der Waals surface area contributed by atoms with Crippen molar-refractivity contribution in [1.29, 1.82) is 5.26 Å². The van der Waals surface area contributed by atoms with Crippen LogP contribution in [0.4, 0.5) is 0 Å². The monoisotopic (exact) mass is 420 g/mol. The van der Waals surface area contributed by atoms with Gasteiger partial charge in [0.05, 0.1) is 29.9 Å². The van der Waals surface area contributed by atoms with E-state index < -0.39 is 0 Å². The van der Waals surface area contributed by atoms with Crippen molar-refractivity contribution >= 4 is 33.6 Å². The SMILES string of the molecule is CCCC(CI)(CC#N)n1cc(-c2ncnc3[nH]ccc23)cn1. The van der Waals surface area contributed by atoms with Crippen molar-refractivity contribution in [2.75, 3.05) is 4.43 Å². The van der Waals surface area contributed by atoms with Crippen LogP contribution in [0.3, 0.4) is 0 Å². The fraction of sp³-hybridized carbons (Fsp3) is 0.375. The van der Waals surface area contributed by atoms with Gasteiger partial charge in [-0.15, -0.1) is 0 Å². The van der Waals surface area contributed by atoms with Crippen LogP contribution in [-0.4, -0.2) is 29.2 Å². The molecule has 0 aromatic carbocycles. The molecule has 1 N–H and O–H groups in total. The van der Waals surface area contributed by atoms with Gasteiger partial charge >= 0.3 is 0 Å². The number of aromatic amines is 1. The molecule has 0 fully saturated rings. The first-order valence-electron chi connectivity index (χ1n) is 7.50. The van der Waals surface area contributed by atoms with Crippen molar-refractivity contribution in [1.82, 2.24) is 24.7 Å². The maximum Gasteiger partial charge on any atom is 0.141 e. The molecule has 0 saturated heterocycles. The van der Waals surface area contributed by atoms with Crippen LogP contribution in [0.25, 0.3) is 22.3 Å². The number of fused-ring (bicyclic) bond motifs is 1. The highest BCUT2D eigenvalue weighted by molar-refractivity contribution is 14.1. The minimum atomic E-state index is -0.257. The first kappa shape index (κ1) is 15.9. The van der Waals surface area contributed by atoms with Crippen LogP contribution in [0.5, 0.6) is 0 Å². The Morgan fingerprint density at radius 3 is 3.04 bits per heavy atom. The summed E-state index contributed by atoms with van der Waals surface area (Å²) in [5, 5.41) is 14.8. The highest BCUT2D eigenvalue weighted by Gasteiger charge is 2.31. The fourth-order valence-electron chi connectivity index (χ4n) is 2.88. The van der Waals surface area contributed by atoms with Gasteiger partial charge < -0.3 is 4.98 Å². The van der Waals surface area contributed by atoms with Gasteiger partial charge in [-0.05, 0) is 12.5 Å². The first-order valence-corrected chi connectivity index (χ1v) is 9.03. The zero-order valence-corrected chi connectivity index (χ0v) is 15.0. The minimum absolute atomic E-state index is 0.257. The third kappa shape index (κ3) is 2.83. The molecule has 6 nitrogen and oxygen atoms in total.